The fraction of sp³-hybridized carbons (Fsp3) is 0.588. The highest BCUT2D eigenvalue weighted by Gasteiger charge is 2.34. The minimum atomic E-state index is 0.114. The number of carbonyl (C=O) groups excluding carboxylic acids is 1. The van der Waals surface area contributed by atoms with Gasteiger partial charge in [0.15, 0.2) is 5.78 Å². The number of piperidine rings is 1. The van der Waals surface area contributed by atoms with Crippen molar-refractivity contribution in [2.24, 2.45) is 5.92 Å². The zero-order chi connectivity index (χ0) is 14.8. The second-order valence-electron chi connectivity index (χ2n) is 6.27. The van der Waals surface area contributed by atoms with Crippen molar-refractivity contribution in [3.8, 4) is 0 Å². The second-order valence-corrected chi connectivity index (χ2v) is 7.12. The van der Waals surface area contributed by atoms with E-state index in [2.05, 4.69) is 4.90 Å². The third-order valence-electron chi connectivity index (χ3n) is 4.94. The molecule has 1 saturated heterocycles. The van der Waals surface area contributed by atoms with E-state index in [1.165, 1.54) is 38.5 Å². The molecule has 0 radical (unpaired) electrons. The van der Waals surface area contributed by atoms with Crippen LogP contribution in [0.4, 0.5) is 0 Å². The molecule has 1 heterocycles. The summed E-state index contributed by atoms with van der Waals surface area (Å²) >= 11 is 12.1. The Morgan fingerprint density at radius 1 is 1.14 bits per heavy atom. The van der Waals surface area contributed by atoms with Crippen LogP contribution in [0.1, 0.15) is 48.9 Å². The Morgan fingerprint density at radius 2 is 1.90 bits per heavy atom. The lowest BCUT2D eigenvalue weighted by atomic mass is 9.78. The molecule has 2 fully saturated rings. The molecule has 1 aromatic rings. The minimum absolute atomic E-state index is 0.114. The van der Waals surface area contributed by atoms with Crippen LogP contribution in [0.25, 0.3) is 0 Å². The van der Waals surface area contributed by atoms with Crippen LogP contribution in [0, 0.1) is 5.92 Å². The summed E-state index contributed by atoms with van der Waals surface area (Å²) < 4.78 is 0. The zero-order valence-electron chi connectivity index (χ0n) is 12.2. The molecule has 1 aliphatic heterocycles. The van der Waals surface area contributed by atoms with Gasteiger partial charge in [0.2, 0.25) is 0 Å². The smallest absolute Gasteiger partial charge is 0.178 e. The molecule has 1 aromatic carbocycles. The van der Waals surface area contributed by atoms with Crippen LogP contribution in [-0.4, -0.2) is 29.8 Å². The minimum Gasteiger partial charge on any atom is -0.293 e. The van der Waals surface area contributed by atoms with Gasteiger partial charge in [-0.25, -0.2) is 0 Å². The first-order valence-electron chi connectivity index (χ1n) is 7.87. The average Bonchev–Trinajstić information content (AvgIpc) is 2.47. The highest BCUT2D eigenvalue weighted by Crippen LogP contribution is 2.35. The van der Waals surface area contributed by atoms with Crippen molar-refractivity contribution in [3.63, 3.8) is 0 Å². The normalized spacial score (nSPS) is 26.4. The number of benzene rings is 1. The average molecular weight is 326 g/mol. The first-order chi connectivity index (χ1) is 10.1. The van der Waals surface area contributed by atoms with E-state index in [9.17, 15) is 4.79 Å². The van der Waals surface area contributed by atoms with Crippen molar-refractivity contribution in [1.82, 2.24) is 4.90 Å². The van der Waals surface area contributed by atoms with E-state index in [1.807, 2.05) is 0 Å². The zero-order valence-corrected chi connectivity index (χ0v) is 13.7. The molecular formula is C17H21Cl2NO. The Labute approximate surface area is 136 Å². The van der Waals surface area contributed by atoms with Gasteiger partial charge in [-0.2, -0.15) is 0 Å². The molecule has 0 bridgehead atoms. The van der Waals surface area contributed by atoms with E-state index in [4.69, 9.17) is 23.2 Å². The maximum atomic E-state index is 12.6. The third kappa shape index (κ3) is 3.44. The molecule has 3 rings (SSSR count). The molecule has 0 aromatic heterocycles. The summed E-state index contributed by atoms with van der Waals surface area (Å²) in [4.78, 5) is 14.9. The molecule has 1 aliphatic carbocycles. The highest BCUT2D eigenvalue weighted by atomic mass is 35.5. The van der Waals surface area contributed by atoms with Crippen LogP contribution in [-0.2, 0) is 0 Å². The SMILES string of the molecule is O=C(CN1CCCC2CCCCC21)c1ccc(Cl)cc1Cl. The van der Waals surface area contributed by atoms with Crippen LogP contribution < -0.4 is 0 Å². The van der Waals surface area contributed by atoms with Crippen molar-refractivity contribution < 1.29 is 4.79 Å². The standard InChI is InChI=1S/C17H21Cl2NO/c18-13-7-8-14(15(19)10-13)17(21)11-20-9-3-5-12-4-1-2-6-16(12)20/h7-8,10,12,16H,1-6,9,11H2. The van der Waals surface area contributed by atoms with Crippen LogP contribution in [0.15, 0.2) is 18.2 Å². The summed E-state index contributed by atoms with van der Waals surface area (Å²) in [5.41, 5.74) is 0.596. The molecule has 0 spiro atoms. The van der Waals surface area contributed by atoms with Gasteiger partial charge in [0.05, 0.1) is 11.6 Å². The van der Waals surface area contributed by atoms with Gasteiger partial charge in [-0.05, 0) is 56.3 Å². The number of hydrogen-bond acceptors (Lipinski definition) is 2. The lowest BCUT2D eigenvalue weighted by Crippen LogP contribution is -2.48. The van der Waals surface area contributed by atoms with Gasteiger partial charge in [0.25, 0.3) is 0 Å². The molecular weight excluding hydrogens is 305 g/mol. The molecule has 0 amide bonds. The van der Waals surface area contributed by atoms with Crippen molar-refractivity contribution in [3.05, 3.63) is 33.8 Å². The van der Waals surface area contributed by atoms with Gasteiger partial charge in [0, 0.05) is 16.6 Å². The largest absolute Gasteiger partial charge is 0.293 e. The Balaban J connectivity index is 1.71. The lowest BCUT2D eigenvalue weighted by Gasteiger charge is -2.43. The molecule has 0 N–H and O–H groups in total. The van der Waals surface area contributed by atoms with E-state index in [-0.39, 0.29) is 5.78 Å². The van der Waals surface area contributed by atoms with Crippen molar-refractivity contribution >= 4 is 29.0 Å². The van der Waals surface area contributed by atoms with E-state index < -0.39 is 0 Å². The van der Waals surface area contributed by atoms with Crippen LogP contribution in [0.3, 0.4) is 0 Å². The summed E-state index contributed by atoms with van der Waals surface area (Å²) in [7, 11) is 0. The van der Waals surface area contributed by atoms with Gasteiger partial charge in [-0.15, -0.1) is 0 Å². The molecule has 2 aliphatic rings. The van der Waals surface area contributed by atoms with E-state index in [0.29, 0.717) is 28.2 Å². The maximum absolute atomic E-state index is 12.6. The monoisotopic (exact) mass is 325 g/mol. The predicted octanol–water partition coefficient (Wildman–Crippen LogP) is 4.83. The van der Waals surface area contributed by atoms with Crippen molar-refractivity contribution in [2.45, 2.75) is 44.6 Å². The van der Waals surface area contributed by atoms with Gasteiger partial charge < -0.3 is 0 Å². The van der Waals surface area contributed by atoms with Gasteiger partial charge in [-0.1, -0.05) is 36.0 Å². The fourth-order valence-electron chi connectivity index (χ4n) is 3.91. The molecule has 2 nitrogen and oxygen atoms in total. The Hall–Kier alpha value is -0.570. The number of hydrogen-bond donors (Lipinski definition) is 0. The summed E-state index contributed by atoms with van der Waals surface area (Å²) in [6, 6.07) is 5.73. The third-order valence-corrected chi connectivity index (χ3v) is 5.48. The van der Waals surface area contributed by atoms with Gasteiger partial charge >= 0.3 is 0 Å². The number of Topliss-reactive ketones (excluding diaryl/α,β-unsaturated/α-hetero) is 1. The first-order valence-corrected chi connectivity index (χ1v) is 8.63. The van der Waals surface area contributed by atoms with Gasteiger partial charge in [-0.3, -0.25) is 9.69 Å². The highest BCUT2D eigenvalue weighted by molar-refractivity contribution is 6.36. The summed E-state index contributed by atoms with van der Waals surface area (Å²) in [5.74, 6) is 0.906. The van der Waals surface area contributed by atoms with Crippen LogP contribution >= 0.6 is 23.2 Å². The number of nitrogens with zero attached hydrogens (tertiary/aromatic N) is 1. The fourth-order valence-corrected chi connectivity index (χ4v) is 4.42. The first kappa shape index (κ1) is 15.3. The molecule has 2 unspecified atom stereocenters. The predicted molar refractivity (Wildman–Crippen MR) is 87.3 cm³/mol. The van der Waals surface area contributed by atoms with Gasteiger partial charge in [0.1, 0.15) is 0 Å². The summed E-state index contributed by atoms with van der Waals surface area (Å²) in [6.45, 7) is 1.53. The number of rotatable bonds is 3. The molecule has 114 valence electrons. The van der Waals surface area contributed by atoms with Crippen LogP contribution in [0.5, 0.6) is 0 Å². The van der Waals surface area contributed by atoms with Crippen molar-refractivity contribution in [1.29, 1.82) is 0 Å². The van der Waals surface area contributed by atoms with Crippen molar-refractivity contribution in [2.75, 3.05) is 13.1 Å². The summed E-state index contributed by atoms with van der Waals surface area (Å²) in [5, 5.41) is 1.03. The molecule has 4 heteroatoms. The van der Waals surface area contributed by atoms with E-state index in [1.54, 1.807) is 18.2 Å². The molecule has 21 heavy (non-hydrogen) atoms. The number of fused-ring (bicyclic) bond motifs is 1. The number of ketones is 1. The maximum Gasteiger partial charge on any atom is 0.178 e. The summed E-state index contributed by atoms with van der Waals surface area (Å²) in [6.07, 6.45) is 7.77. The number of carbonyl (C=O) groups is 1. The quantitative estimate of drug-likeness (QED) is 0.742. The lowest BCUT2D eigenvalue weighted by molar-refractivity contribution is 0.0539. The molecule has 1 saturated carbocycles. The Morgan fingerprint density at radius 3 is 2.71 bits per heavy atom. The number of halogens is 2. The Kier molecular flexibility index (Phi) is 4.88. The second kappa shape index (κ2) is 6.68. The van der Waals surface area contributed by atoms with Crippen LogP contribution in [0.2, 0.25) is 10.0 Å². The van der Waals surface area contributed by atoms with E-state index >= 15 is 0 Å². The molecule has 2 atom stereocenters. The Bertz CT molecular complexity index is 530. The number of likely N-dealkylation sites (tertiary alicyclic amines) is 1. The topological polar surface area (TPSA) is 20.3 Å². The van der Waals surface area contributed by atoms with E-state index in [0.717, 1.165) is 12.5 Å².